The molecule has 0 bridgehead atoms. The molecule has 0 amide bonds. The predicted molar refractivity (Wildman–Crippen MR) is 106 cm³/mol. The number of rotatable bonds is 7. The van der Waals surface area contributed by atoms with Crippen LogP contribution >= 0.6 is 0 Å². The van der Waals surface area contributed by atoms with Crippen molar-refractivity contribution in [2.75, 3.05) is 26.3 Å². The summed E-state index contributed by atoms with van der Waals surface area (Å²) in [6, 6.07) is 4.22. The first-order chi connectivity index (χ1) is 13.8. The molecule has 0 spiro atoms. The SMILES string of the molecule is CCc1nc2n(n1)CC(NC(=NCC1CCOC1)NCCc1ccco1)CC2. The van der Waals surface area contributed by atoms with E-state index in [2.05, 4.69) is 27.6 Å². The summed E-state index contributed by atoms with van der Waals surface area (Å²) in [4.78, 5) is 9.44. The van der Waals surface area contributed by atoms with Gasteiger partial charge in [0.05, 0.1) is 19.4 Å². The van der Waals surface area contributed by atoms with Gasteiger partial charge in [-0.25, -0.2) is 9.67 Å². The second-order valence-electron chi connectivity index (χ2n) is 7.53. The van der Waals surface area contributed by atoms with Gasteiger partial charge in [-0.15, -0.1) is 0 Å². The summed E-state index contributed by atoms with van der Waals surface area (Å²) >= 11 is 0. The average molecular weight is 387 g/mol. The number of hydrogen-bond acceptors (Lipinski definition) is 5. The van der Waals surface area contributed by atoms with Crippen molar-refractivity contribution in [3.05, 3.63) is 35.8 Å². The van der Waals surface area contributed by atoms with Crippen molar-refractivity contribution >= 4 is 5.96 Å². The highest BCUT2D eigenvalue weighted by Gasteiger charge is 2.22. The van der Waals surface area contributed by atoms with Crippen LogP contribution < -0.4 is 10.6 Å². The van der Waals surface area contributed by atoms with Crippen molar-refractivity contribution in [3.63, 3.8) is 0 Å². The highest BCUT2D eigenvalue weighted by molar-refractivity contribution is 5.80. The number of fused-ring (bicyclic) bond motifs is 1. The average Bonchev–Trinajstić information content (AvgIpc) is 3.46. The van der Waals surface area contributed by atoms with Crippen LogP contribution in [0, 0.1) is 5.92 Å². The molecule has 2 atom stereocenters. The van der Waals surface area contributed by atoms with E-state index in [0.29, 0.717) is 12.0 Å². The van der Waals surface area contributed by atoms with Crippen LogP contribution in [0.2, 0.25) is 0 Å². The number of nitrogens with zero attached hydrogens (tertiary/aromatic N) is 4. The van der Waals surface area contributed by atoms with E-state index >= 15 is 0 Å². The third kappa shape index (κ3) is 4.92. The first-order valence-corrected chi connectivity index (χ1v) is 10.4. The first-order valence-electron chi connectivity index (χ1n) is 10.4. The fraction of sp³-hybridized carbons (Fsp3) is 0.650. The minimum absolute atomic E-state index is 0.300. The number of aryl methyl sites for hydroxylation is 2. The Morgan fingerprint density at radius 1 is 1.39 bits per heavy atom. The molecule has 2 N–H and O–H groups in total. The number of aliphatic imine (C=N–C) groups is 1. The summed E-state index contributed by atoms with van der Waals surface area (Å²) in [6.07, 6.45) is 6.49. The molecule has 0 saturated carbocycles. The lowest BCUT2D eigenvalue weighted by Crippen LogP contribution is -2.47. The van der Waals surface area contributed by atoms with Gasteiger partial charge in [0.2, 0.25) is 0 Å². The summed E-state index contributed by atoms with van der Waals surface area (Å²) < 4.78 is 13.0. The van der Waals surface area contributed by atoms with Gasteiger partial charge in [-0.05, 0) is 25.0 Å². The lowest BCUT2D eigenvalue weighted by molar-refractivity contribution is 0.187. The van der Waals surface area contributed by atoms with E-state index in [4.69, 9.17) is 14.1 Å². The molecular formula is C20H30N6O2. The van der Waals surface area contributed by atoms with E-state index in [0.717, 1.165) is 88.3 Å². The van der Waals surface area contributed by atoms with Crippen molar-refractivity contribution in [2.45, 2.75) is 51.6 Å². The quantitative estimate of drug-likeness (QED) is 0.555. The Bertz CT molecular complexity index is 764. The van der Waals surface area contributed by atoms with Crippen molar-refractivity contribution < 1.29 is 9.15 Å². The van der Waals surface area contributed by atoms with Gasteiger partial charge in [0.15, 0.2) is 11.8 Å². The van der Waals surface area contributed by atoms with E-state index in [1.807, 2.05) is 16.8 Å². The summed E-state index contributed by atoms with van der Waals surface area (Å²) in [5, 5.41) is 11.7. The van der Waals surface area contributed by atoms with Crippen LogP contribution in [-0.2, 0) is 30.5 Å². The standard InChI is InChI=1S/C20H30N6O2/c1-2-18-24-19-6-5-16(13-26(19)25-18)23-20(22-12-15-8-11-27-14-15)21-9-7-17-4-3-10-28-17/h3-4,10,15-16H,2,5-9,11-14H2,1H3,(H2,21,22,23). The molecule has 0 aliphatic carbocycles. The lowest BCUT2D eigenvalue weighted by atomic mass is 10.1. The molecule has 2 aromatic heterocycles. The third-order valence-electron chi connectivity index (χ3n) is 5.33. The van der Waals surface area contributed by atoms with E-state index < -0.39 is 0 Å². The Kier molecular flexibility index (Phi) is 6.26. The molecule has 4 rings (SSSR count). The largest absolute Gasteiger partial charge is 0.469 e. The molecule has 0 radical (unpaired) electrons. The highest BCUT2D eigenvalue weighted by atomic mass is 16.5. The number of aromatic nitrogens is 3. The van der Waals surface area contributed by atoms with Gasteiger partial charge < -0.3 is 19.8 Å². The summed E-state index contributed by atoms with van der Waals surface area (Å²) in [6.45, 7) is 6.16. The second kappa shape index (κ2) is 9.23. The van der Waals surface area contributed by atoms with Crippen molar-refractivity contribution in [1.29, 1.82) is 0 Å². The zero-order chi connectivity index (χ0) is 19.2. The minimum atomic E-state index is 0.300. The fourth-order valence-electron chi connectivity index (χ4n) is 3.68. The molecule has 1 saturated heterocycles. The van der Waals surface area contributed by atoms with Gasteiger partial charge in [-0.3, -0.25) is 4.99 Å². The van der Waals surface area contributed by atoms with Crippen LogP contribution in [0.15, 0.2) is 27.8 Å². The number of ether oxygens (including phenoxy) is 1. The Morgan fingerprint density at radius 2 is 2.36 bits per heavy atom. The highest BCUT2D eigenvalue weighted by Crippen LogP contribution is 2.14. The molecule has 8 heteroatoms. The maximum absolute atomic E-state index is 5.48. The first kappa shape index (κ1) is 19.0. The molecule has 8 nitrogen and oxygen atoms in total. The van der Waals surface area contributed by atoms with Crippen LogP contribution in [0.3, 0.4) is 0 Å². The number of guanidine groups is 1. The molecule has 2 aromatic rings. The summed E-state index contributed by atoms with van der Waals surface area (Å²) in [5.41, 5.74) is 0. The smallest absolute Gasteiger partial charge is 0.191 e. The van der Waals surface area contributed by atoms with Crippen LogP contribution in [0.4, 0.5) is 0 Å². The van der Waals surface area contributed by atoms with E-state index in [9.17, 15) is 0 Å². The number of hydrogen-bond donors (Lipinski definition) is 2. The van der Waals surface area contributed by atoms with Gasteiger partial charge in [-0.2, -0.15) is 5.10 Å². The Hall–Kier alpha value is -2.35. The van der Waals surface area contributed by atoms with E-state index in [1.54, 1.807) is 6.26 Å². The molecule has 1 fully saturated rings. The second-order valence-corrected chi connectivity index (χ2v) is 7.53. The van der Waals surface area contributed by atoms with E-state index in [-0.39, 0.29) is 0 Å². The fourth-order valence-corrected chi connectivity index (χ4v) is 3.68. The molecule has 2 aliphatic heterocycles. The predicted octanol–water partition coefficient (Wildman–Crippen LogP) is 1.56. The van der Waals surface area contributed by atoms with Crippen molar-refractivity contribution in [3.8, 4) is 0 Å². The maximum atomic E-state index is 5.48. The van der Waals surface area contributed by atoms with Gasteiger partial charge in [0, 0.05) is 50.9 Å². The number of nitrogens with one attached hydrogen (secondary N) is 2. The van der Waals surface area contributed by atoms with Crippen LogP contribution in [0.25, 0.3) is 0 Å². The molecule has 4 heterocycles. The molecule has 2 unspecified atom stereocenters. The minimum Gasteiger partial charge on any atom is -0.469 e. The maximum Gasteiger partial charge on any atom is 0.191 e. The van der Waals surface area contributed by atoms with Gasteiger partial charge in [0.1, 0.15) is 11.6 Å². The monoisotopic (exact) mass is 386 g/mol. The Balaban J connectivity index is 1.35. The van der Waals surface area contributed by atoms with E-state index in [1.165, 1.54) is 0 Å². The van der Waals surface area contributed by atoms with Gasteiger partial charge in [0.25, 0.3) is 0 Å². The molecule has 28 heavy (non-hydrogen) atoms. The molecule has 2 aliphatic rings. The van der Waals surface area contributed by atoms with Crippen LogP contribution in [0.5, 0.6) is 0 Å². The topological polar surface area (TPSA) is 89.5 Å². The van der Waals surface area contributed by atoms with Gasteiger partial charge >= 0.3 is 0 Å². The third-order valence-corrected chi connectivity index (χ3v) is 5.33. The van der Waals surface area contributed by atoms with Crippen molar-refractivity contribution in [1.82, 2.24) is 25.4 Å². The normalized spacial score (nSPS) is 22.2. The Morgan fingerprint density at radius 3 is 3.14 bits per heavy atom. The molecule has 152 valence electrons. The molecular weight excluding hydrogens is 356 g/mol. The van der Waals surface area contributed by atoms with Crippen molar-refractivity contribution in [2.24, 2.45) is 10.9 Å². The van der Waals surface area contributed by atoms with Gasteiger partial charge in [-0.1, -0.05) is 6.92 Å². The van der Waals surface area contributed by atoms with Crippen LogP contribution in [0.1, 0.15) is 37.2 Å². The number of furan rings is 1. The zero-order valence-corrected chi connectivity index (χ0v) is 16.6. The summed E-state index contributed by atoms with van der Waals surface area (Å²) in [7, 11) is 0. The lowest BCUT2D eigenvalue weighted by Gasteiger charge is -2.25. The Labute approximate surface area is 165 Å². The van der Waals surface area contributed by atoms with Crippen LogP contribution in [-0.4, -0.2) is 53.1 Å². The molecule has 0 aromatic carbocycles. The zero-order valence-electron chi connectivity index (χ0n) is 16.6. The summed E-state index contributed by atoms with van der Waals surface area (Å²) in [5.74, 6) is 4.39.